The second kappa shape index (κ2) is 7.77. The fourth-order valence-electron chi connectivity index (χ4n) is 4.53. The maximum Gasteiger partial charge on any atom is 0.435 e. The van der Waals surface area contributed by atoms with Crippen LogP contribution in [-0.4, -0.2) is 59.8 Å². The first-order valence-corrected chi connectivity index (χ1v) is 9.73. The van der Waals surface area contributed by atoms with Gasteiger partial charge in [0, 0.05) is 25.1 Å². The van der Waals surface area contributed by atoms with Crippen LogP contribution in [0.5, 0.6) is 0 Å². The number of ether oxygens (including phenoxy) is 1. The van der Waals surface area contributed by atoms with E-state index < -0.39 is 59.7 Å². The van der Waals surface area contributed by atoms with E-state index in [1.54, 1.807) is 0 Å². The second-order valence-electron chi connectivity index (χ2n) is 8.08. The molecule has 2 saturated heterocycles. The topological polar surface area (TPSA) is 74.2 Å². The minimum atomic E-state index is -4.70. The van der Waals surface area contributed by atoms with Crippen molar-refractivity contribution >= 4 is 17.3 Å². The molecule has 2 fully saturated rings. The van der Waals surface area contributed by atoms with Gasteiger partial charge in [-0.15, -0.1) is 0 Å². The summed E-state index contributed by atoms with van der Waals surface area (Å²) >= 11 is 0. The Hall–Kier alpha value is -2.60. The maximum atomic E-state index is 13.3. The zero-order valence-corrected chi connectivity index (χ0v) is 16.6. The van der Waals surface area contributed by atoms with Crippen molar-refractivity contribution in [3.05, 3.63) is 41.5 Å². The van der Waals surface area contributed by atoms with Crippen LogP contribution in [-0.2, 0) is 15.7 Å². The summed E-state index contributed by atoms with van der Waals surface area (Å²) in [6, 6.07) is 3.83. The Labute approximate surface area is 178 Å². The van der Waals surface area contributed by atoms with Gasteiger partial charge in [-0.2, -0.15) is 31.4 Å². The normalized spacial score (nSPS) is 30.2. The third kappa shape index (κ3) is 4.20. The molecular formula is C20H19F6N3O3. The summed E-state index contributed by atoms with van der Waals surface area (Å²) in [4.78, 5) is 13.0. The van der Waals surface area contributed by atoms with Crippen LogP contribution in [0.4, 0.5) is 32.0 Å². The van der Waals surface area contributed by atoms with Gasteiger partial charge in [-0.25, -0.2) is 0 Å². The van der Waals surface area contributed by atoms with Crippen molar-refractivity contribution < 1.29 is 41.0 Å². The van der Waals surface area contributed by atoms with Crippen LogP contribution in [0.2, 0.25) is 0 Å². The molecule has 0 aliphatic carbocycles. The number of hydrogen-bond acceptors (Lipinski definition) is 5. The number of aliphatic hydroxyl groups is 1. The molecule has 4 rings (SSSR count). The molecule has 1 amide bonds. The minimum absolute atomic E-state index is 0.00755. The smallest absolute Gasteiger partial charge is 0.390 e. The molecule has 174 valence electrons. The van der Waals surface area contributed by atoms with Gasteiger partial charge in [-0.05, 0) is 35.9 Å². The summed E-state index contributed by atoms with van der Waals surface area (Å²) in [7, 11) is 1.36. The standard InChI is InChI=1S/C20H19F6N3O3/c1-29-8-9(6-14(28-29)20(24,25)26)15-16(13-7-12(30)17(15)32-13)18(31)27-11-4-2-10(3-5-11)19(21,22)23/h2-6,12-13,15-17,30H,7-8H2,1H3,(H,27,31)/t12-,13+,15+,16-,17-/m0/s1. The van der Waals surface area contributed by atoms with Crippen LogP contribution >= 0.6 is 0 Å². The lowest BCUT2D eigenvalue weighted by molar-refractivity contribution is -0.137. The number of carbonyl (C=O) groups excluding carboxylic acids is 1. The van der Waals surface area contributed by atoms with Gasteiger partial charge in [-0.1, -0.05) is 0 Å². The molecule has 2 N–H and O–H groups in total. The van der Waals surface area contributed by atoms with Crippen molar-refractivity contribution in [3.63, 3.8) is 0 Å². The highest BCUT2D eigenvalue weighted by atomic mass is 19.4. The quantitative estimate of drug-likeness (QED) is 0.676. The number of fused-ring (bicyclic) bond motifs is 2. The number of halogens is 6. The van der Waals surface area contributed by atoms with E-state index in [0.29, 0.717) is 0 Å². The number of alkyl halides is 6. The molecule has 0 unspecified atom stereocenters. The number of aliphatic hydroxyl groups excluding tert-OH is 1. The molecule has 2 bridgehead atoms. The fourth-order valence-corrected chi connectivity index (χ4v) is 4.53. The van der Waals surface area contributed by atoms with Gasteiger partial charge in [0.05, 0.1) is 36.3 Å². The van der Waals surface area contributed by atoms with Crippen LogP contribution < -0.4 is 5.32 Å². The number of anilines is 1. The van der Waals surface area contributed by atoms with Crippen molar-refractivity contribution in [2.45, 2.75) is 37.1 Å². The average Bonchev–Trinajstić information content (AvgIpc) is 3.23. The van der Waals surface area contributed by atoms with Crippen molar-refractivity contribution in [1.82, 2.24) is 5.01 Å². The summed E-state index contributed by atoms with van der Waals surface area (Å²) in [6.07, 6.45) is -10.8. The van der Waals surface area contributed by atoms with Crippen molar-refractivity contribution in [2.75, 3.05) is 18.9 Å². The summed E-state index contributed by atoms with van der Waals surface area (Å²) in [5, 5.41) is 17.3. The van der Waals surface area contributed by atoms with Gasteiger partial charge in [-0.3, -0.25) is 9.80 Å². The number of carbonyl (C=O) groups is 1. The highest BCUT2D eigenvalue weighted by Crippen LogP contribution is 2.48. The van der Waals surface area contributed by atoms with Crippen LogP contribution in [0.3, 0.4) is 0 Å². The van der Waals surface area contributed by atoms with Crippen molar-refractivity contribution in [1.29, 1.82) is 0 Å². The first kappa shape index (κ1) is 22.6. The number of hydrogen-bond donors (Lipinski definition) is 2. The van der Waals surface area contributed by atoms with Gasteiger partial charge >= 0.3 is 12.4 Å². The number of rotatable bonds is 3. The average molecular weight is 463 g/mol. The molecule has 0 saturated carbocycles. The first-order valence-electron chi connectivity index (χ1n) is 9.73. The number of nitrogens with one attached hydrogen (secondary N) is 1. The Morgan fingerprint density at radius 2 is 1.81 bits per heavy atom. The van der Waals surface area contributed by atoms with E-state index in [1.165, 1.54) is 7.05 Å². The van der Waals surface area contributed by atoms with Crippen molar-refractivity contribution in [2.24, 2.45) is 16.9 Å². The summed E-state index contributed by atoms with van der Waals surface area (Å²) in [6.45, 7) is 0.00755. The summed E-state index contributed by atoms with van der Waals surface area (Å²) < 4.78 is 83.7. The Kier molecular flexibility index (Phi) is 5.48. The summed E-state index contributed by atoms with van der Waals surface area (Å²) in [5.41, 5.74) is -1.65. The first-order chi connectivity index (χ1) is 14.8. The lowest BCUT2D eigenvalue weighted by atomic mass is 9.73. The van der Waals surface area contributed by atoms with Gasteiger partial charge in [0.1, 0.15) is 0 Å². The fraction of sp³-hybridized carbons (Fsp3) is 0.500. The Morgan fingerprint density at radius 1 is 1.16 bits per heavy atom. The molecule has 1 aromatic carbocycles. The molecule has 3 heterocycles. The molecule has 3 aliphatic heterocycles. The molecule has 6 nitrogen and oxygen atoms in total. The van der Waals surface area contributed by atoms with E-state index in [9.17, 15) is 36.2 Å². The predicted octanol–water partition coefficient (Wildman–Crippen LogP) is 3.20. The zero-order valence-electron chi connectivity index (χ0n) is 16.6. The number of likely N-dealkylation sites (N-methyl/N-ethyl adjacent to an activating group) is 1. The molecule has 32 heavy (non-hydrogen) atoms. The van der Waals surface area contributed by atoms with E-state index in [0.717, 1.165) is 35.4 Å². The third-order valence-corrected chi connectivity index (χ3v) is 5.84. The molecule has 0 spiro atoms. The lowest BCUT2D eigenvalue weighted by Crippen LogP contribution is -2.45. The molecule has 0 aromatic heterocycles. The van der Waals surface area contributed by atoms with Crippen LogP contribution in [0.1, 0.15) is 12.0 Å². The van der Waals surface area contributed by atoms with E-state index >= 15 is 0 Å². The van der Waals surface area contributed by atoms with Gasteiger partial charge in [0.2, 0.25) is 5.91 Å². The Balaban J connectivity index is 1.59. The molecule has 5 atom stereocenters. The van der Waals surface area contributed by atoms with Gasteiger partial charge < -0.3 is 15.2 Å². The van der Waals surface area contributed by atoms with Gasteiger partial charge in [0.25, 0.3) is 0 Å². The van der Waals surface area contributed by atoms with E-state index in [2.05, 4.69) is 10.4 Å². The molecule has 12 heteroatoms. The van der Waals surface area contributed by atoms with Gasteiger partial charge in [0.15, 0.2) is 5.71 Å². The highest BCUT2D eigenvalue weighted by molar-refractivity contribution is 6.01. The number of allylic oxidation sites excluding steroid dienone is 1. The third-order valence-electron chi connectivity index (χ3n) is 5.84. The van der Waals surface area contributed by atoms with E-state index in [1.807, 2.05) is 0 Å². The number of benzene rings is 1. The zero-order chi connectivity index (χ0) is 23.4. The van der Waals surface area contributed by atoms with E-state index in [4.69, 9.17) is 4.74 Å². The van der Waals surface area contributed by atoms with Crippen LogP contribution in [0.15, 0.2) is 41.0 Å². The second-order valence-corrected chi connectivity index (χ2v) is 8.08. The molecule has 1 aromatic rings. The molecule has 3 aliphatic rings. The number of amides is 1. The van der Waals surface area contributed by atoms with Crippen LogP contribution in [0.25, 0.3) is 0 Å². The summed E-state index contributed by atoms with van der Waals surface area (Å²) in [5.74, 6) is -2.36. The number of nitrogens with zero attached hydrogens (tertiary/aromatic N) is 2. The van der Waals surface area contributed by atoms with Crippen molar-refractivity contribution in [3.8, 4) is 0 Å². The Bertz CT molecular complexity index is 957. The monoisotopic (exact) mass is 463 g/mol. The maximum absolute atomic E-state index is 13.3. The lowest BCUT2D eigenvalue weighted by Gasteiger charge is -2.34. The SMILES string of the molecule is CN1CC([C@H]2[C@H]3O[C@H](C[C@@H]3O)[C@@H]2C(=O)Nc2ccc(C(F)(F)F)cc2)=CC(C(F)(F)F)=N1. The number of hydrazone groups is 1. The largest absolute Gasteiger partial charge is 0.435 e. The van der Waals surface area contributed by atoms with E-state index in [-0.39, 0.29) is 24.2 Å². The predicted molar refractivity (Wildman–Crippen MR) is 101 cm³/mol. The Morgan fingerprint density at radius 3 is 2.41 bits per heavy atom. The molecular weight excluding hydrogens is 444 g/mol. The molecule has 0 radical (unpaired) electrons. The van der Waals surface area contributed by atoms with Crippen LogP contribution in [0, 0.1) is 11.8 Å². The minimum Gasteiger partial charge on any atom is -0.390 e. The highest BCUT2D eigenvalue weighted by Gasteiger charge is 2.58.